The maximum atomic E-state index is 13.7. The lowest BCUT2D eigenvalue weighted by molar-refractivity contribution is -0.138. The van der Waals surface area contributed by atoms with Gasteiger partial charge in [0, 0.05) is 17.5 Å². The molecule has 0 aliphatic heterocycles. The summed E-state index contributed by atoms with van der Waals surface area (Å²) in [6, 6.07) is 12.8. The molecule has 192 valence electrons. The Morgan fingerprint density at radius 2 is 1.54 bits per heavy atom. The van der Waals surface area contributed by atoms with Gasteiger partial charge in [0.2, 0.25) is 9.84 Å². The third-order valence-corrected chi connectivity index (χ3v) is 7.78. The molecule has 0 amide bonds. The summed E-state index contributed by atoms with van der Waals surface area (Å²) in [4.78, 5) is 14.9. The van der Waals surface area contributed by atoms with E-state index in [2.05, 4.69) is 39.5 Å². The molecule has 0 aromatic heterocycles. The summed E-state index contributed by atoms with van der Waals surface area (Å²) < 4.78 is 32.9. The normalized spacial score (nSPS) is 12.7. The summed E-state index contributed by atoms with van der Waals surface area (Å²) >= 11 is 0. The zero-order chi connectivity index (χ0) is 25.8. The van der Waals surface area contributed by atoms with Gasteiger partial charge in [0.1, 0.15) is 0 Å². The number of allylic oxidation sites excluding steroid dienone is 2. The van der Waals surface area contributed by atoms with Crippen LogP contribution in [-0.2, 0) is 19.4 Å². The molecule has 0 N–H and O–H groups in total. The van der Waals surface area contributed by atoms with Crippen LogP contribution in [0.3, 0.4) is 0 Å². The van der Waals surface area contributed by atoms with Gasteiger partial charge in [-0.3, -0.25) is 0 Å². The minimum absolute atomic E-state index is 0.108. The number of hydrogen-bond acceptors (Lipinski definition) is 5. The number of rotatable bonds is 14. The Kier molecular flexibility index (Phi) is 11.5. The molecule has 0 unspecified atom stereocenters. The van der Waals surface area contributed by atoms with Gasteiger partial charge in [-0.2, -0.15) is 0 Å². The van der Waals surface area contributed by atoms with Crippen molar-refractivity contribution < 1.29 is 17.9 Å². The van der Waals surface area contributed by atoms with E-state index < -0.39 is 15.8 Å². The minimum Gasteiger partial charge on any atom is -0.462 e. The van der Waals surface area contributed by atoms with Crippen molar-refractivity contribution >= 4 is 26.6 Å². The number of carbonyl (C=O) groups is 1. The highest BCUT2D eigenvalue weighted by molar-refractivity contribution is 7.96. The Balaban J connectivity index is 2.34. The summed E-state index contributed by atoms with van der Waals surface area (Å²) in [7, 11) is -4.10. The fourth-order valence-electron chi connectivity index (χ4n) is 4.10. The molecule has 0 radical (unpaired) electrons. The molecule has 0 aliphatic carbocycles. The van der Waals surface area contributed by atoms with Crippen molar-refractivity contribution in [3.05, 3.63) is 65.7 Å². The molecule has 0 atom stereocenters. The van der Waals surface area contributed by atoms with Gasteiger partial charge in [0.05, 0.1) is 11.5 Å². The smallest absolute Gasteiger partial charge is 0.350 e. The number of fused-ring (bicyclic) bond motifs is 1. The Labute approximate surface area is 211 Å². The second-order valence-corrected chi connectivity index (χ2v) is 11.3. The van der Waals surface area contributed by atoms with Crippen LogP contribution in [0, 0.1) is 0 Å². The van der Waals surface area contributed by atoms with Crippen molar-refractivity contribution in [2.75, 3.05) is 6.61 Å². The number of esters is 1. The molecule has 0 fully saturated rings. The molecule has 0 bridgehead atoms. The van der Waals surface area contributed by atoms with Crippen molar-refractivity contribution in [1.82, 2.24) is 4.90 Å². The first kappa shape index (κ1) is 28.6. The monoisotopic (exact) mass is 499 g/mol. The third kappa shape index (κ3) is 8.24. The van der Waals surface area contributed by atoms with Crippen LogP contribution >= 0.6 is 0 Å². The van der Waals surface area contributed by atoms with Gasteiger partial charge in [0.25, 0.3) is 0 Å². The van der Waals surface area contributed by atoms with Crippen LogP contribution in [0.25, 0.3) is 10.8 Å². The van der Waals surface area contributed by atoms with Gasteiger partial charge in [-0.1, -0.05) is 75.4 Å². The van der Waals surface area contributed by atoms with E-state index in [-0.39, 0.29) is 28.5 Å². The van der Waals surface area contributed by atoms with E-state index in [9.17, 15) is 13.2 Å². The van der Waals surface area contributed by atoms with Crippen LogP contribution < -0.4 is 0 Å². The van der Waals surface area contributed by atoms with E-state index in [0.717, 1.165) is 31.1 Å². The van der Waals surface area contributed by atoms with Gasteiger partial charge >= 0.3 is 5.97 Å². The topological polar surface area (TPSA) is 63.7 Å². The van der Waals surface area contributed by atoms with Gasteiger partial charge in [-0.25, -0.2) is 13.2 Å². The van der Waals surface area contributed by atoms with Crippen LogP contribution in [0.2, 0.25) is 0 Å². The number of sulfone groups is 1. The van der Waals surface area contributed by atoms with E-state index in [1.807, 2.05) is 24.4 Å². The molecule has 0 spiro atoms. The highest BCUT2D eigenvalue weighted by Crippen LogP contribution is 2.28. The summed E-state index contributed by atoms with van der Waals surface area (Å²) in [5.74, 6) is -0.809. The summed E-state index contributed by atoms with van der Waals surface area (Å²) in [6.45, 7) is 10.6. The van der Waals surface area contributed by atoms with Crippen molar-refractivity contribution in [2.24, 2.45) is 0 Å². The molecule has 0 saturated heterocycles. The zero-order valence-corrected chi connectivity index (χ0v) is 22.7. The van der Waals surface area contributed by atoms with E-state index in [0.29, 0.717) is 5.39 Å². The second-order valence-electron chi connectivity index (χ2n) is 9.39. The first-order valence-electron chi connectivity index (χ1n) is 12.8. The Morgan fingerprint density at radius 3 is 2.23 bits per heavy atom. The number of hydrogen-bond donors (Lipinski definition) is 0. The predicted octanol–water partition coefficient (Wildman–Crippen LogP) is 7.03. The molecule has 2 aromatic rings. The predicted molar refractivity (Wildman–Crippen MR) is 145 cm³/mol. The SMILES string of the molecule is CCCCCCCCOC(=O)C(=CC=CN(C(C)C)C(C)C)S(=O)(=O)c1cccc2ccccc12. The Bertz CT molecular complexity index is 1100. The molecule has 5 nitrogen and oxygen atoms in total. The van der Waals surface area contributed by atoms with Crippen LogP contribution in [-0.4, -0.2) is 38.0 Å². The summed E-state index contributed by atoms with van der Waals surface area (Å²) in [5, 5.41) is 1.38. The number of benzene rings is 2. The lowest BCUT2D eigenvalue weighted by Crippen LogP contribution is -2.31. The number of unbranched alkanes of at least 4 members (excludes halogenated alkanes) is 5. The number of carbonyl (C=O) groups excluding carboxylic acids is 1. The lowest BCUT2D eigenvalue weighted by atomic mass is 10.1. The average Bonchev–Trinajstić information content (AvgIpc) is 2.82. The van der Waals surface area contributed by atoms with Gasteiger partial charge in [-0.05, 0) is 63.9 Å². The first-order valence-corrected chi connectivity index (χ1v) is 14.2. The van der Waals surface area contributed by atoms with Crippen molar-refractivity contribution in [3.8, 4) is 0 Å². The first-order chi connectivity index (χ1) is 16.7. The molecular weight excluding hydrogens is 458 g/mol. The molecule has 2 aromatic carbocycles. The molecule has 2 rings (SSSR count). The van der Waals surface area contributed by atoms with Crippen LogP contribution in [0.1, 0.15) is 73.1 Å². The van der Waals surface area contributed by atoms with Crippen molar-refractivity contribution in [3.63, 3.8) is 0 Å². The number of nitrogens with zero attached hydrogens (tertiary/aromatic N) is 1. The van der Waals surface area contributed by atoms with E-state index in [1.165, 1.54) is 18.9 Å². The molecular formula is C29H41NO4S. The standard InChI is InChI=1S/C29H41NO4S/c1-6-7-8-9-10-13-22-34-29(31)28(20-15-21-30(23(2)3)24(4)5)35(32,33)27-19-14-17-25-16-11-12-18-26(25)27/h11-12,14-21,23-24H,6-10,13,22H2,1-5H3. The fraction of sp³-hybridized carbons (Fsp3) is 0.483. The largest absolute Gasteiger partial charge is 0.462 e. The highest BCUT2D eigenvalue weighted by atomic mass is 32.2. The fourth-order valence-corrected chi connectivity index (χ4v) is 5.61. The highest BCUT2D eigenvalue weighted by Gasteiger charge is 2.29. The summed E-state index contributed by atoms with van der Waals surface area (Å²) in [5.41, 5.74) is 0. The Morgan fingerprint density at radius 1 is 0.914 bits per heavy atom. The Hall–Kier alpha value is -2.60. The van der Waals surface area contributed by atoms with Crippen LogP contribution in [0.5, 0.6) is 0 Å². The third-order valence-electron chi connectivity index (χ3n) is 5.96. The number of ether oxygens (including phenoxy) is 1. The van der Waals surface area contributed by atoms with Crippen molar-refractivity contribution in [2.45, 2.75) is 90.1 Å². The molecule has 35 heavy (non-hydrogen) atoms. The van der Waals surface area contributed by atoms with Crippen LogP contribution in [0.15, 0.2) is 70.6 Å². The van der Waals surface area contributed by atoms with E-state index in [1.54, 1.807) is 30.3 Å². The second kappa shape index (κ2) is 14.1. The van der Waals surface area contributed by atoms with Crippen LogP contribution in [0.4, 0.5) is 0 Å². The average molecular weight is 500 g/mol. The quantitative estimate of drug-likeness (QED) is 0.121. The lowest BCUT2D eigenvalue weighted by Gasteiger charge is -2.29. The van der Waals surface area contributed by atoms with E-state index >= 15 is 0 Å². The van der Waals surface area contributed by atoms with Gasteiger partial charge in [0.15, 0.2) is 4.91 Å². The summed E-state index contributed by atoms with van der Waals surface area (Å²) in [6.07, 6.45) is 11.1. The van der Waals surface area contributed by atoms with E-state index in [4.69, 9.17) is 4.74 Å². The maximum absolute atomic E-state index is 13.7. The van der Waals surface area contributed by atoms with Gasteiger partial charge < -0.3 is 9.64 Å². The zero-order valence-electron chi connectivity index (χ0n) is 21.9. The molecule has 0 aliphatic rings. The minimum atomic E-state index is -4.10. The van der Waals surface area contributed by atoms with Crippen molar-refractivity contribution in [1.29, 1.82) is 0 Å². The molecule has 6 heteroatoms. The molecule has 0 saturated carbocycles. The maximum Gasteiger partial charge on any atom is 0.350 e. The van der Waals surface area contributed by atoms with Gasteiger partial charge in [-0.15, -0.1) is 0 Å². The molecule has 0 heterocycles.